The highest BCUT2D eigenvalue weighted by Gasteiger charge is 2.24. The van der Waals surface area contributed by atoms with Gasteiger partial charge in [-0.3, -0.25) is 4.79 Å². The van der Waals surface area contributed by atoms with Gasteiger partial charge in [0.25, 0.3) is 5.91 Å². The van der Waals surface area contributed by atoms with Crippen LogP contribution in [0.1, 0.15) is 50.4 Å². The van der Waals surface area contributed by atoms with E-state index in [0.717, 1.165) is 0 Å². The number of carbonyl (C=O) groups is 3. The fourth-order valence-electron chi connectivity index (χ4n) is 2.21. The minimum atomic E-state index is -0.778. The van der Waals surface area contributed by atoms with E-state index in [1.165, 1.54) is 7.11 Å². The molecule has 0 aliphatic carbocycles. The molecule has 0 heterocycles. The number of rotatable bonds is 8. The first kappa shape index (κ1) is 21.5. The molecule has 1 atom stereocenters. The molecule has 0 aliphatic heterocycles. The van der Waals surface area contributed by atoms with Crippen molar-refractivity contribution in [3.8, 4) is 0 Å². The quantitative estimate of drug-likeness (QED) is 0.546. The van der Waals surface area contributed by atoms with E-state index in [1.807, 2.05) is 6.07 Å². The van der Waals surface area contributed by atoms with Crippen molar-refractivity contribution in [3.05, 3.63) is 35.9 Å². The normalized spacial score (nSPS) is 12.0. The Labute approximate surface area is 154 Å². The summed E-state index contributed by atoms with van der Waals surface area (Å²) in [4.78, 5) is 35.6. The van der Waals surface area contributed by atoms with Crippen LogP contribution in [0.5, 0.6) is 0 Å². The molecule has 2 N–H and O–H groups in total. The summed E-state index contributed by atoms with van der Waals surface area (Å²) in [7, 11) is 1.27. The van der Waals surface area contributed by atoms with Crippen molar-refractivity contribution in [3.63, 3.8) is 0 Å². The maximum absolute atomic E-state index is 11.9. The zero-order valence-corrected chi connectivity index (χ0v) is 15.8. The predicted octanol–water partition coefficient (Wildman–Crippen LogP) is 2.65. The van der Waals surface area contributed by atoms with Gasteiger partial charge in [-0.1, -0.05) is 18.2 Å². The Bertz CT molecular complexity index is 596. The Morgan fingerprint density at radius 1 is 1.08 bits per heavy atom. The smallest absolute Gasteiger partial charge is 0.408 e. The van der Waals surface area contributed by atoms with Crippen molar-refractivity contribution < 1.29 is 23.9 Å². The van der Waals surface area contributed by atoms with E-state index in [2.05, 4.69) is 10.6 Å². The Morgan fingerprint density at radius 3 is 2.31 bits per heavy atom. The zero-order valence-electron chi connectivity index (χ0n) is 15.8. The Balaban J connectivity index is 2.36. The van der Waals surface area contributed by atoms with Crippen LogP contribution >= 0.6 is 0 Å². The van der Waals surface area contributed by atoms with E-state index in [1.54, 1.807) is 45.0 Å². The largest absolute Gasteiger partial charge is 0.467 e. The molecular weight excluding hydrogens is 336 g/mol. The Kier molecular flexibility index (Phi) is 8.61. The van der Waals surface area contributed by atoms with Gasteiger partial charge in [-0.15, -0.1) is 0 Å². The molecule has 26 heavy (non-hydrogen) atoms. The number of methoxy groups -OCH3 is 1. The van der Waals surface area contributed by atoms with Crippen LogP contribution in [0.3, 0.4) is 0 Å². The third-order valence-electron chi connectivity index (χ3n) is 3.42. The summed E-state index contributed by atoms with van der Waals surface area (Å²) >= 11 is 0. The molecule has 0 saturated heterocycles. The number of unbranched alkanes of at least 4 members (excludes halogenated alkanes) is 1. The second-order valence-electron chi connectivity index (χ2n) is 6.84. The van der Waals surface area contributed by atoms with Gasteiger partial charge in [0.15, 0.2) is 0 Å². The molecule has 0 fully saturated rings. The third-order valence-corrected chi connectivity index (χ3v) is 3.42. The second-order valence-corrected chi connectivity index (χ2v) is 6.84. The molecular formula is C19H28N2O5. The third kappa shape index (κ3) is 8.50. The van der Waals surface area contributed by atoms with Gasteiger partial charge in [0.05, 0.1) is 7.11 Å². The van der Waals surface area contributed by atoms with Crippen molar-refractivity contribution in [1.29, 1.82) is 0 Å². The fourth-order valence-corrected chi connectivity index (χ4v) is 2.21. The number of nitrogens with one attached hydrogen (secondary N) is 2. The van der Waals surface area contributed by atoms with Crippen LogP contribution in [0.15, 0.2) is 30.3 Å². The molecule has 1 aromatic carbocycles. The number of hydrogen-bond acceptors (Lipinski definition) is 5. The van der Waals surface area contributed by atoms with Crippen LogP contribution in [-0.2, 0) is 14.3 Å². The molecule has 7 nitrogen and oxygen atoms in total. The van der Waals surface area contributed by atoms with Crippen LogP contribution in [0.25, 0.3) is 0 Å². The lowest BCUT2D eigenvalue weighted by atomic mass is 10.1. The average molecular weight is 364 g/mol. The number of hydrogen-bond donors (Lipinski definition) is 2. The number of benzene rings is 1. The fraction of sp³-hybridized carbons (Fsp3) is 0.526. The number of carbonyl (C=O) groups excluding carboxylic acids is 3. The van der Waals surface area contributed by atoms with Crippen LogP contribution in [-0.4, -0.2) is 43.3 Å². The highest BCUT2D eigenvalue weighted by molar-refractivity contribution is 5.94. The maximum Gasteiger partial charge on any atom is 0.408 e. The Morgan fingerprint density at radius 2 is 1.73 bits per heavy atom. The van der Waals surface area contributed by atoms with E-state index >= 15 is 0 Å². The predicted molar refractivity (Wildman–Crippen MR) is 97.8 cm³/mol. The van der Waals surface area contributed by atoms with Gasteiger partial charge in [0, 0.05) is 12.1 Å². The molecule has 2 amide bonds. The lowest BCUT2D eigenvalue weighted by Crippen LogP contribution is -2.44. The minimum Gasteiger partial charge on any atom is -0.467 e. The second kappa shape index (κ2) is 10.4. The molecule has 1 rings (SSSR count). The summed E-state index contributed by atoms with van der Waals surface area (Å²) in [5.74, 6) is -0.661. The number of esters is 1. The van der Waals surface area contributed by atoms with Crippen molar-refractivity contribution in [2.75, 3.05) is 13.7 Å². The molecule has 0 saturated carbocycles. The molecule has 0 bridgehead atoms. The summed E-state index contributed by atoms with van der Waals surface area (Å²) in [6.07, 6.45) is 1.03. The molecule has 0 spiro atoms. The summed E-state index contributed by atoms with van der Waals surface area (Å²) in [5.41, 5.74) is -0.0431. The lowest BCUT2D eigenvalue weighted by Gasteiger charge is -2.22. The first-order valence-electron chi connectivity index (χ1n) is 8.63. The van der Waals surface area contributed by atoms with Crippen molar-refractivity contribution in [2.24, 2.45) is 0 Å². The van der Waals surface area contributed by atoms with E-state index in [9.17, 15) is 14.4 Å². The van der Waals surface area contributed by atoms with Crippen molar-refractivity contribution in [1.82, 2.24) is 10.6 Å². The zero-order chi connectivity index (χ0) is 19.6. The Hall–Kier alpha value is -2.57. The first-order chi connectivity index (χ1) is 12.2. The molecule has 144 valence electrons. The topological polar surface area (TPSA) is 93.7 Å². The van der Waals surface area contributed by atoms with E-state index in [-0.39, 0.29) is 5.91 Å². The SMILES string of the molecule is COC(=O)[C@H](CCCCNC(=O)c1ccccc1)NC(=O)OC(C)(C)C. The van der Waals surface area contributed by atoms with Crippen LogP contribution in [0.4, 0.5) is 4.79 Å². The molecule has 0 unspecified atom stereocenters. The number of ether oxygens (including phenoxy) is 2. The van der Waals surface area contributed by atoms with Gasteiger partial charge in [-0.2, -0.15) is 0 Å². The van der Waals surface area contributed by atoms with E-state index in [4.69, 9.17) is 9.47 Å². The van der Waals surface area contributed by atoms with Crippen LogP contribution in [0, 0.1) is 0 Å². The molecule has 0 radical (unpaired) electrons. The molecule has 7 heteroatoms. The van der Waals surface area contributed by atoms with E-state index < -0.39 is 23.7 Å². The average Bonchev–Trinajstić information content (AvgIpc) is 2.58. The summed E-state index contributed by atoms with van der Waals surface area (Å²) < 4.78 is 9.87. The van der Waals surface area contributed by atoms with Gasteiger partial charge >= 0.3 is 12.1 Å². The number of amides is 2. The van der Waals surface area contributed by atoms with Gasteiger partial charge in [0.2, 0.25) is 0 Å². The van der Waals surface area contributed by atoms with Crippen molar-refractivity contribution >= 4 is 18.0 Å². The van der Waals surface area contributed by atoms with Gasteiger partial charge < -0.3 is 20.1 Å². The summed E-state index contributed by atoms with van der Waals surface area (Å²) in [6.45, 7) is 5.72. The summed E-state index contributed by atoms with van der Waals surface area (Å²) in [5, 5.41) is 5.35. The number of alkyl carbamates (subject to hydrolysis) is 1. The van der Waals surface area contributed by atoms with Gasteiger partial charge in [-0.05, 0) is 52.2 Å². The van der Waals surface area contributed by atoms with E-state index in [0.29, 0.717) is 31.4 Å². The van der Waals surface area contributed by atoms with Crippen LogP contribution in [0.2, 0.25) is 0 Å². The molecule has 0 aliphatic rings. The maximum atomic E-state index is 11.9. The summed E-state index contributed by atoms with van der Waals surface area (Å²) in [6, 6.07) is 8.16. The van der Waals surface area contributed by atoms with Gasteiger partial charge in [0.1, 0.15) is 11.6 Å². The highest BCUT2D eigenvalue weighted by atomic mass is 16.6. The molecule has 0 aromatic heterocycles. The minimum absolute atomic E-state index is 0.137. The lowest BCUT2D eigenvalue weighted by molar-refractivity contribution is -0.143. The standard InChI is InChI=1S/C19H28N2O5/c1-19(2,3)26-18(24)21-15(17(23)25-4)12-8-9-13-20-16(22)14-10-6-5-7-11-14/h5-7,10-11,15H,8-9,12-13H2,1-4H3,(H,20,22)(H,21,24)/t15-/m0/s1. The first-order valence-corrected chi connectivity index (χ1v) is 8.63. The van der Waals surface area contributed by atoms with Gasteiger partial charge in [-0.25, -0.2) is 9.59 Å². The molecule has 1 aromatic rings. The van der Waals surface area contributed by atoms with Crippen molar-refractivity contribution in [2.45, 2.75) is 51.7 Å². The monoisotopic (exact) mass is 364 g/mol. The highest BCUT2D eigenvalue weighted by Crippen LogP contribution is 2.09. The van der Waals surface area contributed by atoms with Crippen LogP contribution < -0.4 is 10.6 Å².